The summed E-state index contributed by atoms with van der Waals surface area (Å²) in [7, 11) is 0. The van der Waals surface area contributed by atoms with Gasteiger partial charge < -0.3 is 10.2 Å². The van der Waals surface area contributed by atoms with Crippen molar-refractivity contribution >= 4 is 0 Å². The first-order valence-corrected chi connectivity index (χ1v) is 9.04. The molecular weight excluding hydrogens is 296 g/mol. The SMILES string of the molecule is CC1(C)CCC2C(c3ccc(O)cc3)Cc3ccc(O)cc3C2C1. The van der Waals surface area contributed by atoms with Crippen LogP contribution in [0.1, 0.15) is 61.6 Å². The molecule has 3 atom stereocenters. The molecule has 4 rings (SSSR count). The Hall–Kier alpha value is -1.96. The van der Waals surface area contributed by atoms with Crippen molar-refractivity contribution in [2.75, 3.05) is 0 Å². The van der Waals surface area contributed by atoms with Crippen LogP contribution in [0.5, 0.6) is 11.5 Å². The summed E-state index contributed by atoms with van der Waals surface area (Å²) >= 11 is 0. The van der Waals surface area contributed by atoms with Crippen molar-refractivity contribution in [2.24, 2.45) is 11.3 Å². The molecule has 1 fully saturated rings. The highest BCUT2D eigenvalue weighted by Gasteiger charge is 2.43. The summed E-state index contributed by atoms with van der Waals surface area (Å²) in [4.78, 5) is 0. The van der Waals surface area contributed by atoms with Crippen molar-refractivity contribution in [3.63, 3.8) is 0 Å². The Bertz CT molecular complexity index is 745. The highest BCUT2D eigenvalue weighted by Crippen LogP contribution is 2.56. The largest absolute Gasteiger partial charge is 0.508 e. The molecule has 0 saturated heterocycles. The van der Waals surface area contributed by atoms with E-state index in [9.17, 15) is 10.2 Å². The van der Waals surface area contributed by atoms with Crippen LogP contribution in [-0.4, -0.2) is 10.2 Å². The quantitative estimate of drug-likeness (QED) is 0.743. The van der Waals surface area contributed by atoms with E-state index in [1.54, 1.807) is 0 Å². The summed E-state index contributed by atoms with van der Waals surface area (Å²) in [6.07, 6.45) is 4.71. The maximum absolute atomic E-state index is 9.99. The van der Waals surface area contributed by atoms with Crippen LogP contribution >= 0.6 is 0 Å². The lowest BCUT2D eigenvalue weighted by Crippen LogP contribution is -2.36. The molecule has 2 N–H and O–H groups in total. The van der Waals surface area contributed by atoms with Crippen molar-refractivity contribution in [1.82, 2.24) is 0 Å². The van der Waals surface area contributed by atoms with E-state index in [1.165, 1.54) is 36.0 Å². The minimum absolute atomic E-state index is 0.334. The first kappa shape index (κ1) is 15.6. The molecule has 0 radical (unpaired) electrons. The maximum Gasteiger partial charge on any atom is 0.115 e. The van der Waals surface area contributed by atoms with E-state index in [1.807, 2.05) is 24.3 Å². The van der Waals surface area contributed by atoms with Gasteiger partial charge in [0.1, 0.15) is 11.5 Å². The molecule has 2 aromatic rings. The molecule has 0 aromatic heterocycles. The summed E-state index contributed by atoms with van der Waals surface area (Å²) in [5.74, 6) is 2.36. The number of phenols is 2. The Morgan fingerprint density at radius 1 is 0.917 bits per heavy atom. The minimum Gasteiger partial charge on any atom is -0.508 e. The molecule has 0 heterocycles. The van der Waals surface area contributed by atoms with Gasteiger partial charge in [-0.15, -0.1) is 0 Å². The van der Waals surface area contributed by atoms with Crippen LogP contribution in [0, 0.1) is 11.3 Å². The van der Waals surface area contributed by atoms with Gasteiger partial charge in [-0.2, -0.15) is 0 Å². The second-order valence-electron chi connectivity index (χ2n) is 8.46. The van der Waals surface area contributed by atoms with E-state index in [0.717, 1.165) is 6.42 Å². The molecule has 2 heteroatoms. The monoisotopic (exact) mass is 322 g/mol. The number of rotatable bonds is 1. The van der Waals surface area contributed by atoms with Gasteiger partial charge in [-0.1, -0.05) is 32.0 Å². The van der Waals surface area contributed by atoms with Gasteiger partial charge in [0.05, 0.1) is 0 Å². The zero-order valence-corrected chi connectivity index (χ0v) is 14.5. The summed E-state index contributed by atoms with van der Waals surface area (Å²) < 4.78 is 0. The number of fused-ring (bicyclic) bond motifs is 3. The van der Waals surface area contributed by atoms with Crippen LogP contribution in [0.15, 0.2) is 42.5 Å². The number of hydrogen-bond donors (Lipinski definition) is 2. The van der Waals surface area contributed by atoms with Crippen molar-refractivity contribution in [3.8, 4) is 11.5 Å². The molecular formula is C22H26O2. The van der Waals surface area contributed by atoms with Crippen LogP contribution in [0.25, 0.3) is 0 Å². The fourth-order valence-electron chi connectivity index (χ4n) is 5.02. The normalized spacial score (nSPS) is 28.0. The number of phenolic OH excluding ortho intramolecular Hbond substituents is 2. The van der Waals surface area contributed by atoms with Gasteiger partial charge in [0.2, 0.25) is 0 Å². The van der Waals surface area contributed by atoms with E-state index >= 15 is 0 Å². The van der Waals surface area contributed by atoms with Gasteiger partial charge in [0.25, 0.3) is 0 Å². The molecule has 0 spiro atoms. The van der Waals surface area contributed by atoms with Gasteiger partial charge in [0, 0.05) is 0 Å². The third kappa shape index (κ3) is 2.68. The topological polar surface area (TPSA) is 40.5 Å². The average Bonchev–Trinajstić information content (AvgIpc) is 2.54. The maximum atomic E-state index is 9.99. The van der Waals surface area contributed by atoms with Crippen LogP contribution in [0.2, 0.25) is 0 Å². The number of benzene rings is 2. The molecule has 2 aliphatic carbocycles. The van der Waals surface area contributed by atoms with E-state index in [0.29, 0.717) is 34.7 Å². The van der Waals surface area contributed by atoms with Crippen LogP contribution in [-0.2, 0) is 6.42 Å². The van der Waals surface area contributed by atoms with Gasteiger partial charge in [0.15, 0.2) is 0 Å². The van der Waals surface area contributed by atoms with Crippen LogP contribution in [0.3, 0.4) is 0 Å². The van der Waals surface area contributed by atoms with E-state index in [4.69, 9.17) is 0 Å². The zero-order chi connectivity index (χ0) is 16.9. The lowest BCUT2D eigenvalue weighted by atomic mass is 9.57. The third-order valence-corrected chi connectivity index (χ3v) is 6.25. The molecule has 1 saturated carbocycles. The summed E-state index contributed by atoms with van der Waals surface area (Å²) in [6, 6.07) is 13.7. The molecule has 2 nitrogen and oxygen atoms in total. The molecule has 0 amide bonds. The second kappa shape index (κ2) is 5.54. The molecule has 126 valence electrons. The highest BCUT2D eigenvalue weighted by atomic mass is 16.3. The van der Waals surface area contributed by atoms with Crippen molar-refractivity contribution in [1.29, 1.82) is 0 Å². The van der Waals surface area contributed by atoms with Gasteiger partial charge in [-0.25, -0.2) is 0 Å². The van der Waals surface area contributed by atoms with E-state index in [-0.39, 0.29) is 0 Å². The standard InChI is InChI=1S/C22H26O2/c1-22(2)10-9-18-19(14-3-6-16(23)7-4-14)11-15-5-8-17(24)12-20(15)21(18)13-22/h3-8,12,18-19,21,23-24H,9-11,13H2,1-2H3. The van der Waals surface area contributed by atoms with Gasteiger partial charge in [-0.05, 0) is 89.8 Å². The molecule has 0 aliphatic heterocycles. The molecule has 2 aliphatic rings. The van der Waals surface area contributed by atoms with Crippen LogP contribution < -0.4 is 0 Å². The smallest absolute Gasteiger partial charge is 0.115 e. The fourth-order valence-corrected chi connectivity index (χ4v) is 5.02. The Morgan fingerprint density at radius 3 is 2.38 bits per heavy atom. The van der Waals surface area contributed by atoms with Crippen molar-refractivity contribution < 1.29 is 10.2 Å². The summed E-state index contributed by atoms with van der Waals surface area (Å²) in [5.41, 5.74) is 4.44. The predicted octanol–water partition coefficient (Wildman–Crippen LogP) is 5.35. The Kier molecular flexibility index (Phi) is 3.59. The Balaban J connectivity index is 1.78. The molecule has 24 heavy (non-hydrogen) atoms. The first-order valence-electron chi connectivity index (χ1n) is 9.04. The van der Waals surface area contributed by atoms with Crippen molar-refractivity contribution in [2.45, 2.75) is 51.4 Å². The molecule has 0 bridgehead atoms. The van der Waals surface area contributed by atoms with Gasteiger partial charge in [-0.3, -0.25) is 0 Å². The summed E-state index contributed by atoms with van der Waals surface area (Å²) in [6.45, 7) is 4.74. The Morgan fingerprint density at radius 2 is 1.62 bits per heavy atom. The van der Waals surface area contributed by atoms with E-state index < -0.39 is 0 Å². The highest BCUT2D eigenvalue weighted by molar-refractivity contribution is 5.43. The predicted molar refractivity (Wildman–Crippen MR) is 96.5 cm³/mol. The zero-order valence-electron chi connectivity index (χ0n) is 14.5. The fraction of sp³-hybridized carbons (Fsp3) is 0.455. The van der Waals surface area contributed by atoms with E-state index in [2.05, 4.69) is 32.0 Å². The molecule has 3 unspecified atom stereocenters. The lowest BCUT2D eigenvalue weighted by molar-refractivity contribution is 0.134. The molecule has 2 aromatic carbocycles. The van der Waals surface area contributed by atoms with Gasteiger partial charge >= 0.3 is 0 Å². The number of aromatic hydroxyl groups is 2. The summed E-state index contributed by atoms with van der Waals surface area (Å²) in [5, 5.41) is 19.6. The van der Waals surface area contributed by atoms with Crippen molar-refractivity contribution in [3.05, 3.63) is 59.2 Å². The third-order valence-electron chi connectivity index (χ3n) is 6.25. The van der Waals surface area contributed by atoms with Crippen LogP contribution in [0.4, 0.5) is 0 Å². The Labute approximate surface area is 144 Å². The number of hydrogen-bond acceptors (Lipinski definition) is 2. The lowest BCUT2D eigenvalue weighted by Gasteiger charge is -2.48. The first-order chi connectivity index (χ1) is 11.4. The minimum atomic E-state index is 0.334. The second-order valence-corrected chi connectivity index (χ2v) is 8.46. The average molecular weight is 322 g/mol.